The molecule has 7 nitrogen and oxygen atoms in total. The van der Waals surface area contributed by atoms with Crippen molar-refractivity contribution in [2.24, 2.45) is 0 Å². The molecule has 1 N–H and O–H groups in total. The summed E-state index contributed by atoms with van der Waals surface area (Å²) < 4.78 is 21.6. The first-order valence-electron chi connectivity index (χ1n) is 8.07. The standard InChI is InChI=1S/C17H26N2O5.ClH/c1-19(17(20)16-12-18-5-8-24-16)6-4-7-23-15-10-13(21-2)9-14(11-15)22-3;/h9-11,16,18H,4-8,12H2,1-3H3;1H. The van der Waals surface area contributed by atoms with E-state index in [0.29, 0.717) is 43.6 Å². The first-order chi connectivity index (χ1) is 11.6. The summed E-state index contributed by atoms with van der Waals surface area (Å²) in [7, 11) is 4.98. The number of carbonyl (C=O) groups is 1. The molecule has 0 saturated carbocycles. The molecule has 8 heteroatoms. The molecule has 1 unspecified atom stereocenters. The van der Waals surface area contributed by atoms with Crippen molar-refractivity contribution in [3.63, 3.8) is 0 Å². The molecule has 0 bridgehead atoms. The van der Waals surface area contributed by atoms with E-state index in [1.54, 1.807) is 44.4 Å². The van der Waals surface area contributed by atoms with Crippen LogP contribution in [0.1, 0.15) is 6.42 Å². The molecule has 1 saturated heterocycles. The maximum absolute atomic E-state index is 12.2. The second-order valence-corrected chi connectivity index (χ2v) is 5.57. The zero-order chi connectivity index (χ0) is 17.4. The molecule has 1 aliphatic heterocycles. The lowest BCUT2D eigenvalue weighted by atomic mass is 10.2. The van der Waals surface area contributed by atoms with Crippen LogP contribution in [0.25, 0.3) is 0 Å². The number of nitrogens with one attached hydrogen (secondary N) is 1. The summed E-state index contributed by atoms with van der Waals surface area (Å²) in [6, 6.07) is 5.40. The number of halogens is 1. The van der Waals surface area contributed by atoms with Gasteiger partial charge in [0.25, 0.3) is 5.91 Å². The third-order valence-electron chi connectivity index (χ3n) is 3.81. The molecule has 0 aromatic heterocycles. The lowest BCUT2D eigenvalue weighted by Gasteiger charge is -2.27. The van der Waals surface area contributed by atoms with Crippen molar-refractivity contribution in [3.05, 3.63) is 18.2 Å². The first kappa shape index (κ1) is 21.3. The zero-order valence-electron chi connectivity index (χ0n) is 14.9. The fourth-order valence-electron chi connectivity index (χ4n) is 2.44. The molecule has 0 radical (unpaired) electrons. The van der Waals surface area contributed by atoms with Gasteiger partial charge in [0.15, 0.2) is 0 Å². The minimum Gasteiger partial charge on any atom is -0.496 e. The second kappa shape index (κ2) is 11.0. The van der Waals surface area contributed by atoms with E-state index < -0.39 is 0 Å². The molecule has 142 valence electrons. The fourth-order valence-corrected chi connectivity index (χ4v) is 2.44. The number of ether oxygens (including phenoxy) is 4. The van der Waals surface area contributed by atoms with Gasteiger partial charge in [-0.05, 0) is 6.42 Å². The topological polar surface area (TPSA) is 69.3 Å². The maximum atomic E-state index is 12.2. The van der Waals surface area contributed by atoms with Gasteiger partial charge in [-0.25, -0.2) is 0 Å². The van der Waals surface area contributed by atoms with E-state index in [-0.39, 0.29) is 24.4 Å². The van der Waals surface area contributed by atoms with Gasteiger partial charge >= 0.3 is 0 Å². The highest BCUT2D eigenvalue weighted by atomic mass is 35.5. The summed E-state index contributed by atoms with van der Waals surface area (Å²) in [4.78, 5) is 13.9. The highest BCUT2D eigenvalue weighted by Crippen LogP contribution is 2.27. The Kier molecular flexibility index (Phi) is 9.41. The molecule has 1 aromatic rings. The predicted octanol–water partition coefficient (Wildman–Crippen LogP) is 1.34. The minimum absolute atomic E-state index is 0. The summed E-state index contributed by atoms with van der Waals surface area (Å²) in [5, 5.41) is 3.16. The number of rotatable bonds is 8. The van der Waals surface area contributed by atoms with Gasteiger partial charge in [-0.15, -0.1) is 12.4 Å². The summed E-state index contributed by atoms with van der Waals surface area (Å²) in [5.41, 5.74) is 0. The van der Waals surface area contributed by atoms with Crippen molar-refractivity contribution in [1.29, 1.82) is 0 Å². The van der Waals surface area contributed by atoms with E-state index in [0.717, 1.165) is 13.0 Å². The number of hydrogen-bond donors (Lipinski definition) is 1. The van der Waals surface area contributed by atoms with Gasteiger partial charge in [0.2, 0.25) is 0 Å². The van der Waals surface area contributed by atoms with E-state index in [4.69, 9.17) is 18.9 Å². The third kappa shape index (κ3) is 6.61. The van der Waals surface area contributed by atoms with Crippen molar-refractivity contribution in [3.8, 4) is 17.2 Å². The molecule has 0 spiro atoms. The normalized spacial score (nSPS) is 16.5. The number of hydrogen-bond acceptors (Lipinski definition) is 6. The zero-order valence-corrected chi connectivity index (χ0v) is 15.8. The van der Waals surface area contributed by atoms with Crippen LogP contribution in [-0.2, 0) is 9.53 Å². The molecule has 1 atom stereocenters. The Balaban J connectivity index is 0.00000312. The first-order valence-corrected chi connectivity index (χ1v) is 8.07. The van der Waals surface area contributed by atoms with Crippen molar-refractivity contribution in [2.45, 2.75) is 12.5 Å². The summed E-state index contributed by atoms with van der Waals surface area (Å²) in [5.74, 6) is 2.04. The molecule has 2 rings (SSSR count). The second-order valence-electron chi connectivity index (χ2n) is 5.57. The van der Waals surface area contributed by atoms with Crippen molar-refractivity contribution >= 4 is 18.3 Å². The van der Waals surface area contributed by atoms with Crippen LogP contribution in [0.5, 0.6) is 17.2 Å². The lowest BCUT2D eigenvalue weighted by Crippen LogP contribution is -2.48. The van der Waals surface area contributed by atoms with Crippen LogP contribution in [0.3, 0.4) is 0 Å². The molecule has 1 heterocycles. The number of amides is 1. The maximum Gasteiger partial charge on any atom is 0.252 e. The van der Waals surface area contributed by atoms with Gasteiger partial charge in [0.05, 0.1) is 27.4 Å². The van der Waals surface area contributed by atoms with Crippen LogP contribution < -0.4 is 19.5 Å². The molecule has 1 aliphatic rings. The van der Waals surface area contributed by atoms with Crippen molar-refractivity contribution < 1.29 is 23.7 Å². The number of nitrogens with zero attached hydrogens (tertiary/aromatic N) is 1. The summed E-state index contributed by atoms with van der Waals surface area (Å²) >= 11 is 0. The Morgan fingerprint density at radius 3 is 2.44 bits per heavy atom. The minimum atomic E-state index is -0.382. The average molecular weight is 375 g/mol. The van der Waals surface area contributed by atoms with Gasteiger partial charge in [0, 0.05) is 44.9 Å². The largest absolute Gasteiger partial charge is 0.496 e. The highest BCUT2D eigenvalue weighted by molar-refractivity contribution is 5.85. The highest BCUT2D eigenvalue weighted by Gasteiger charge is 2.24. The van der Waals surface area contributed by atoms with Crippen LogP contribution in [-0.4, -0.2) is 71.0 Å². The average Bonchev–Trinajstić information content (AvgIpc) is 2.64. The van der Waals surface area contributed by atoms with E-state index in [1.165, 1.54) is 0 Å². The van der Waals surface area contributed by atoms with Crippen molar-refractivity contribution in [1.82, 2.24) is 10.2 Å². The third-order valence-corrected chi connectivity index (χ3v) is 3.81. The smallest absolute Gasteiger partial charge is 0.252 e. The molecule has 1 amide bonds. The number of methoxy groups -OCH3 is 2. The van der Waals surface area contributed by atoms with Crippen LogP contribution in [0.15, 0.2) is 18.2 Å². The van der Waals surface area contributed by atoms with Gasteiger partial charge < -0.3 is 29.2 Å². The van der Waals surface area contributed by atoms with Crippen LogP contribution in [0, 0.1) is 0 Å². The van der Waals surface area contributed by atoms with Crippen molar-refractivity contribution in [2.75, 3.05) is 54.1 Å². The van der Waals surface area contributed by atoms with E-state index in [2.05, 4.69) is 5.32 Å². The molecular formula is C17H27ClN2O5. The fraction of sp³-hybridized carbons (Fsp3) is 0.588. The summed E-state index contributed by atoms with van der Waals surface area (Å²) in [6.45, 7) is 3.05. The summed E-state index contributed by atoms with van der Waals surface area (Å²) in [6.07, 6.45) is 0.342. The Bertz CT molecular complexity index is 516. The Labute approximate surface area is 155 Å². The molecule has 25 heavy (non-hydrogen) atoms. The van der Waals surface area contributed by atoms with Crippen LogP contribution in [0.4, 0.5) is 0 Å². The number of carbonyl (C=O) groups excluding carboxylic acids is 1. The van der Waals surface area contributed by atoms with E-state index in [9.17, 15) is 4.79 Å². The quantitative estimate of drug-likeness (QED) is 0.692. The van der Waals surface area contributed by atoms with Gasteiger partial charge in [-0.1, -0.05) is 0 Å². The number of likely N-dealkylation sites (N-methyl/N-ethyl adjacent to an activating group) is 1. The van der Waals surface area contributed by atoms with Crippen LogP contribution in [0.2, 0.25) is 0 Å². The SMILES string of the molecule is COc1cc(OC)cc(OCCCN(C)C(=O)C2CNCCO2)c1.Cl. The lowest BCUT2D eigenvalue weighted by molar-refractivity contribution is -0.143. The van der Waals surface area contributed by atoms with E-state index in [1.807, 2.05) is 0 Å². The Morgan fingerprint density at radius 1 is 1.24 bits per heavy atom. The van der Waals surface area contributed by atoms with E-state index >= 15 is 0 Å². The van der Waals surface area contributed by atoms with Gasteiger partial charge in [0.1, 0.15) is 23.4 Å². The predicted molar refractivity (Wildman–Crippen MR) is 97.2 cm³/mol. The number of morpholine rings is 1. The Morgan fingerprint density at radius 2 is 1.88 bits per heavy atom. The van der Waals surface area contributed by atoms with Gasteiger partial charge in [-0.3, -0.25) is 4.79 Å². The molecule has 1 fully saturated rings. The Hall–Kier alpha value is -1.70. The molecule has 0 aliphatic carbocycles. The molecular weight excluding hydrogens is 348 g/mol. The monoisotopic (exact) mass is 374 g/mol. The van der Waals surface area contributed by atoms with Crippen LogP contribution >= 0.6 is 12.4 Å². The van der Waals surface area contributed by atoms with Gasteiger partial charge in [-0.2, -0.15) is 0 Å². The number of benzene rings is 1. The molecule has 1 aromatic carbocycles.